The first-order chi connectivity index (χ1) is 12.9. The molecule has 2 aromatic carbocycles. The smallest absolute Gasteiger partial charge is 0.335 e. The molecule has 2 atom stereocenters. The Morgan fingerprint density at radius 1 is 1.04 bits per heavy atom. The highest BCUT2D eigenvalue weighted by Gasteiger charge is 2.39. The van der Waals surface area contributed by atoms with Crippen LogP contribution in [-0.4, -0.2) is 30.0 Å². The van der Waals surface area contributed by atoms with Gasteiger partial charge in [0.05, 0.1) is 18.4 Å². The lowest BCUT2D eigenvalue weighted by Crippen LogP contribution is -2.15. The maximum Gasteiger partial charge on any atom is 0.335 e. The number of benzene rings is 2. The molecule has 140 valence electrons. The summed E-state index contributed by atoms with van der Waals surface area (Å²) >= 11 is 0. The van der Waals surface area contributed by atoms with Crippen LogP contribution in [0.15, 0.2) is 42.5 Å². The predicted molar refractivity (Wildman–Crippen MR) is 100 cm³/mol. The van der Waals surface area contributed by atoms with Gasteiger partial charge in [0.25, 0.3) is 5.91 Å². The molecule has 2 aromatic rings. The second-order valence-electron chi connectivity index (χ2n) is 6.56. The minimum absolute atomic E-state index is 0.00274. The lowest BCUT2D eigenvalue weighted by molar-refractivity contribution is -0.117. The molecular formula is C20H20N2O5. The zero-order valence-corrected chi connectivity index (χ0v) is 15.0. The van der Waals surface area contributed by atoms with Crippen molar-refractivity contribution in [1.29, 1.82) is 0 Å². The van der Waals surface area contributed by atoms with Gasteiger partial charge < -0.3 is 20.5 Å². The molecule has 1 aliphatic rings. The summed E-state index contributed by atoms with van der Waals surface area (Å²) in [5, 5.41) is 14.6. The van der Waals surface area contributed by atoms with E-state index in [0.29, 0.717) is 22.9 Å². The first-order valence-corrected chi connectivity index (χ1v) is 8.52. The molecular weight excluding hydrogens is 348 g/mol. The molecule has 0 spiro atoms. The van der Waals surface area contributed by atoms with Crippen molar-refractivity contribution in [2.75, 3.05) is 17.7 Å². The van der Waals surface area contributed by atoms with E-state index >= 15 is 0 Å². The Labute approximate surface area is 156 Å². The van der Waals surface area contributed by atoms with Gasteiger partial charge in [-0.1, -0.05) is 6.92 Å². The van der Waals surface area contributed by atoms with E-state index in [1.807, 2.05) is 6.92 Å². The number of nitrogens with one attached hydrogen (secondary N) is 2. The van der Waals surface area contributed by atoms with Crippen molar-refractivity contribution >= 4 is 29.2 Å². The summed E-state index contributed by atoms with van der Waals surface area (Å²) in [6.45, 7) is 2.04. The SMILES string of the molecule is COc1cc(C(=O)O)ccc1NC(=O)c1ccc(NC(=O)C2CC2C)cc1. The normalized spacial score (nSPS) is 17.7. The number of aromatic carboxylic acids is 1. The number of methoxy groups -OCH3 is 1. The monoisotopic (exact) mass is 368 g/mol. The number of anilines is 2. The van der Waals surface area contributed by atoms with Crippen LogP contribution in [-0.2, 0) is 4.79 Å². The third-order valence-electron chi connectivity index (χ3n) is 4.56. The first-order valence-electron chi connectivity index (χ1n) is 8.52. The average molecular weight is 368 g/mol. The van der Waals surface area contributed by atoms with Crippen molar-refractivity contribution in [2.24, 2.45) is 11.8 Å². The maximum atomic E-state index is 12.4. The standard InChI is InChI=1S/C20H20N2O5/c1-11-9-15(11)19(24)21-14-6-3-12(4-7-14)18(23)22-16-8-5-13(20(25)26)10-17(16)27-2/h3-8,10-11,15H,9H2,1-2H3,(H,21,24)(H,22,23)(H,25,26). The van der Waals surface area contributed by atoms with Gasteiger partial charge in [-0.3, -0.25) is 9.59 Å². The number of carboxylic acids is 1. The molecule has 0 saturated heterocycles. The van der Waals surface area contributed by atoms with Crippen LogP contribution in [0.5, 0.6) is 5.75 Å². The Morgan fingerprint density at radius 3 is 2.22 bits per heavy atom. The van der Waals surface area contributed by atoms with Gasteiger partial charge in [0.15, 0.2) is 0 Å². The lowest BCUT2D eigenvalue weighted by Gasteiger charge is -2.11. The minimum atomic E-state index is -1.08. The van der Waals surface area contributed by atoms with Crippen molar-refractivity contribution in [1.82, 2.24) is 0 Å². The fraction of sp³-hybridized carbons (Fsp3) is 0.250. The summed E-state index contributed by atoms with van der Waals surface area (Å²) in [5.74, 6) is -0.685. The van der Waals surface area contributed by atoms with Crippen LogP contribution in [0.3, 0.4) is 0 Å². The molecule has 2 amide bonds. The van der Waals surface area contributed by atoms with Gasteiger partial charge in [0, 0.05) is 17.2 Å². The number of amides is 2. The Morgan fingerprint density at radius 2 is 1.67 bits per heavy atom. The van der Waals surface area contributed by atoms with Crippen LogP contribution >= 0.6 is 0 Å². The Bertz CT molecular complexity index is 892. The second-order valence-corrected chi connectivity index (χ2v) is 6.56. The number of carbonyl (C=O) groups excluding carboxylic acids is 2. The molecule has 3 N–H and O–H groups in total. The van der Waals surface area contributed by atoms with Crippen LogP contribution in [0.1, 0.15) is 34.1 Å². The van der Waals surface area contributed by atoms with Crippen LogP contribution in [0.25, 0.3) is 0 Å². The molecule has 0 heterocycles. The molecule has 1 fully saturated rings. The van der Waals surface area contributed by atoms with E-state index in [1.165, 1.54) is 25.3 Å². The van der Waals surface area contributed by atoms with Crippen LogP contribution in [0, 0.1) is 11.8 Å². The van der Waals surface area contributed by atoms with E-state index in [0.717, 1.165) is 6.42 Å². The Hall–Kier alpha value is -3.35. The van der Waals surface area contributed by atoms with Gasteiger partial charge >= 0.3 is 5.97 Å². The van der Waals surface area contributed by atoms with E-state index in [4.69, 9.17) is 9.84 Å². The van der Waals surface area contributed by atoms with Crippen molar-refractivity contribution in [3.63, 3.8) is 0 Å². The van der Waals surface area contributed by atoms with E-state index < -0.39 is 5.97 Å². The number of rotatable bonds is 6. The van der Waals surface area contributed by atoms with E-state index in [1.54, 1.807) is 24.3 Å². The number of hydrogen-bond acceptors (Lipinski definition) is 4. The van der Waals surface area contributed by atoms with Crippen molar-refractivity contribution in [3.05, 3.63) is 53.6 Å². The molecule has 7 nitrogen and oxygen atoms in total. The number of hydrogen-bond donors (Lipinski definition) is 3. The Balaban J connectivity index is 1.67. The molecule has 3 rings (SSSR count). The van der Waals surface area contributed by atoms with Crippen LogP contribution in [0.2, 0.25) is 0 Å². The van der Waals surface area contributed by atoms with E-state index in [9.17, 15) is 14.4 Å². The van der Waals surface area contributed by atoms with Crippen molar-refractivity contribution < 1.29 is 24.2 Å². The molecule has 0 bridgehead atoms. The quantitative estimate of drug-likeness (QED) is 0.726. The molecule has 2 unspecified atom stereocenters. The first kappa shape index (κ1) is 18.4. The molecule has 1 aliphatic carbocycles. The van der Waals surface area contributed by atoms with Gasteiger partial charge in [-0.05, 0) is 54.8 Å². The fourth-order valence-electron chi connectivity index (χ4n) is 2.75. The van der Waals surface area contributed by atoms with Crippen molar-refractivity contribution in [3.8, 4) is 5.75 Å². The summed E-state index contributed by atoms with van der Waals surface area (Å²) in [6, 6.07) is 10.8. The Kier molecular flexibility index (Phi) is 5.12. The predicted octanol–water partition coefficient (Wildman–Crippen LogP) is 3.24. The van der Waals surface area contributed by atoms with Gasteiger partial charge in [-0.25, -0.2) is 4.79 Å². The molecule has 1 saturated carbocycles. The molecule has 27 heavy (non-hydrogen) atoms. The van der Waals surface area contributed by atoms with E-state index in [2.05, 4.69) is 10.6 Å². The largest absolute Gasteiger partial charge is 0.495 e. The van der Waals surface area contributed by atoms with Crippen molar-refractivity contribution in [2.45, 2.75) is 13.3 Å². The third kappa shape index (κ3) is 4.25. The summed E-state index contributed by atoms with van der Waals surface area (Å²) in [7, 11) is 1.40. The minimum Gasteiger partial charge on any atom is -0.495 e. The van der Waals surface area contributed by atoms with Gasteiger partial charge in [0.2, 0.25) is 5.91 Å². The summed E-state index contributed by atoms with van der Waals surface area (Å²) in [4.78, 5) is 35.4. The third-order valence-corrected chi connectivity index (χ3v) is 4.56. The van der Waals surface area contributed by atoms with Gasteiger partial charge in [-0.15, -0.1) is 0 Å². The maximum absolute atomic E-state index is 12.4. The lowest BCUT2D eigenvalue weighted by atomic mass is 10.1. The molecule has 0 aliphatic heterocycles. The zero-order valence-electron chi connectivity index (χ0n) is 15.0. The van der Waals surface area contributed by atoms with Crippen LogP contribution < -0.4 is 15.4 Å². The second kappa shape index (κ2) is 7.49. The molecule has 7 heteroatoms. The summed E-state index contributed by atoms with van der Waals surface area (Å²) in [6.07, 6.45) is 0.912. The average Bonchev–Trinajstić information content (AvgIpc) is 3.39. The number of carbonyl (C=O) groups is 3. The van der Waals surface area contributed by atoms with Gasteiger partial charge in [0.1, 0.15) is 5.75 Å². The highest BCUT2D eigenvalue weighted by Crippen LogP contribution is 2.38. The fourth-order valence-corrected chi connectivity index (χ4v) is 2.75. The molecule has 0 radical (unpaired) electrons. The highest BCUT2D eigenvalue weighted by atomic mass is 16.5. The van der Waals surface area contributed by atoms with E-state index in [-0.39, 0.29) is 29.0 Å². The highest BCUT2D eigenvalue weighted by molar-refractivity contribution is 6.05. The topological polar surface area (TPSA) is 105 Å². The van der Waals surface area contributed by atoms with Gasteiger partial charge in [-0.2, -0.15) is 0 Å². The zero-order chi connectivity index (χ0) is 19.6. The summed E-state index contributed by atoms with van der Waals surface area (Å²) < 4.78 is 5.15. The number of carboxylic acid groups (broad SMARTS) is 1. The van der Waals surface area contributed by atoms with Crippen LogP contribution in [0.4, 0.5) is 11.4 Å². The molecule has 0 aromatic heterocycles. The number of ether oxygens (including phenoxy) is 1. The summed E-state index contributed by atoms with van der Waals surface area (Å²) in [5.41, 5.74) is 1.47.